The largest absolute Gasteiger partial charge is 0.496 e. The minimum atomic E-state index is -0.125. The van der Waals surface area contributed by atoms with E-state index in [-0.39, 0.29) is 11.6 Å². The number of ether oxygens (including phenoxy) is 1. The lowest BCUT2D eigenvalue weighted by molar-refractivity contribution is 0.136. The van der Waals surface area contributed by atoms with Crippen molar-refractivity contribution in [2.45, 2.75) is 31.8 Å². The molecule has 144 valence electrons. The maximum absolute atomic E-state index is 12.3. The van der Waals surface area contributed by atoms with Gasteiger partial charge in [0.2, 0.25) is 0 Å². The second-order valence-corrected chi connectivity index (χ2v) is 7.05. The van der Waals surface area contributed by atoms with Gasteiger partial charge in [-0.3, -0.25) is 14.7 Å². The van der Waals surface area contributed by atoms with Crippen LogP contribution in [0.4, 0.5) is 0 Å². The lowest BCUT2D eigenvalue weighted by Crippen LogP contribution is -2.34. The van der Waals surface area contributed by atoms with E-state index in [1.165, 1.54) is 0 Å². The van der Waals surface area contributed by atoms with Crippen molar-refractivity contribution in [3.63, 3.8) is 0 Å². The highest BCUT2D eigenvalue weighted by Gasteiger charge is 2.26. The predicted octanol–water partition coefficient (Wildman–Crippen LogP) is 3.57. The normalized spacial score (nSPS) is 17.4. The van der Waals surface area contributed by atoms with Crippen LogP contribution in [0.3, 0.4) is 0 Å². The van der Waals surface area contributed by atoms with Crippen LogP contribution in [0, 0.1) is 0 Å². The molecule has 6 heteroatoms. The van der Waals surface area contributed by atoms with Crippen LogP contribution in [-0.4, -0.2) is 33.5 Å². The van der Waals surface area contributed by atoms with E-state index < -0.39 is 0 Å². The monoisotopic (exact) mass is 376 g/mol. The smallest absolute Gasteiger partial charge is 0.251 e. The van der Waals surface area contributed by atoms with Crippen LogP contribution in [-0.2, 0) is 6.54 Å². The molecule has 1 aliphatic rings. The number of pyridine rings is 1. The number of hydrogen-bond acceptors (Lipinski definition) is 5. The summed E-state index contributed by atoms with van der Waals surface area (Å²) in [5, 5.41) is 0. The number of benzene rings is 1. The number of rotatable bonds is 5. The molecular weight excluding hydrogens is 352 g/mol. The van der Waals surface area contributed by atoms with E-state index in [1.54, 1.807) is 25.6 Å². The lowest BCUT2D eigenvalue weighted by Gasteiger charge is -2.35. The number of likely N-dealkylation sites (tertiary alicyclic amines) is 1. The summed E-state index contributed by atoms with van der Waals surface area (Å²) in [6.45, 7) is 1.75. The summed E-state index contributed by atoms with van der Waals surface area (Å²) in [6, 6.07) is 13.6. The number of aromatic nitrogens is 3. The van der Waals surface area contributed by atoms with Crippen molar-refractivity contribution >= 4 is 0 Å². The lowest BCUT2D eigenvalue weighted by atomic mass is 9.98. The Morgan fingerprint density at radius 1 is 1.18 bits per heavy atom. The van der Waals surface area contributed by atoms with Crippen molar-refractivity contribution in [3.8, 4) is 17.1 Å². The molecule has 6 nitrogen and oxygen atoms in total. The molecule has 3 aromatic rings. The summed E-state index contributed by atoms with van der Waals surface area (Å²) < 4.78 is 5.52. The quantitative estimate of drug-likeness (QED) is 0.737. The van der Waals surface area contributed by atoms with Crippen molar-refractivity contribution in [2.24, 2.45) is 0 Å². The van der Waals surface area contributed by atoms with Crippen LogP contribution in [0.5, 0.6) is 5.75 Å². The van der Waals surface area contributed by atoms with Crippen molar-refractivity contribution < 1.29 is 4.74 Å². The van der Waals surface area contributed by atoms with Crippen LogP contribution in [0.2, 0.25) is 0 Å². The van der Waals surface area contributed by atoms with E-state index in [1.807, 2.05) is 30.3 Å². The van der Waals surface area contributed by atoms with Gasteiger partial charge in [0.15, 0.2) is 0 Å². The average Bonchev–Trinajstić information content (AvgIpc) is 2.75. The zero-order chi connectivity index (χ0) is 19.3. The summed E-state index contributed by atoms with van der Waals surface area (Å²) in [5.41, 5.74) is 2.71. The molecule has 0 bridgehead atoms. The summed E-state index contributed by atoms with van der Waals surface area (Å²) in [4.78, 5) is 26.4. The van der Waals surface area contributed by atoms with E-state index in [9.17, 15) is 4.79 Å². The van der Waals surface area contributed by atoms with Gasteiger partial charge in [-0.1, -0.05) is 24.6 Å². The van der Waals surface area contributed by atoms with Gasteiger partial charge in [0.25, 0.3) is 5.56 Å². The molecule has 0 spiro atoms. The number of aromatic amines is 1. The Morgan fingerprint density at radius 2 is 2.00 bits per heavy atom. The number of para-hydroxylation sites is 1. The number of methoxy groups -OCH3 is 1. The predicted molar refractivity (Wildman–Crippen MR) is 108 cm³/mol. The van der Waals surface area contributed by atoms with Crippen LogP contribution in [0.25, 0.3) is 11.4 Å². The molecule has 1 aromatic carbocycles. The first-order valence-corrected chi connectivity index (χ1v) is 9.62. The van der Waals surface area contributed by atoms with Crippen LogP contribution >= 0.6 is 0 Å². The second-order valence-electron chi connectivity index (χ2n) is 7.05. The molecule has 1 fully saturated rings. The zero-order valence-corrected chi connectivity index (χ0v) is 16.0. The Balaban J connectivity index is 1.66. The standard InChI is InChI=1S/C22H24N4O2/c1-28-20-8-3-2-6-17(20)15-26-13-5-4-7-19(26)18-14-21(27)25-22(24-18)16-9-11-23-12-10-16/h2-3,6,8-12,14,19H,4-5,7,13,15H2,1H3,(H,24,25,27)/t19-/m0/s1. The third kappa shape index (κ3) is 3.97. The topological polar surface area (TPSA) is 71.1 Å². The van der Waals surface area contributed by atoms with Gasteiger partial charge in [0.1, 0.15) is 11.6 Å². The maximum atomic E-state index is 12.3. The van der Waals surface area contributed by atoms with E-state index >= 15 is 0 Å². The molecule has 1 aliphatic heterocycles. The third-order valence-electron chi connectivity index (χ3n) is 5.24. The van der Waals surface area contributed by atoms with Gasteiger partial charge < -0.3 is 9.72 Å². The van der Waals surface area contributed by atoms with Gasteiger partial charge in [-0.25, -0.2) is 4.98 Å². The van der Waals surface area contributed by atoms with Crippen molar-refractivity contribution in [1.29, 1.82) is 0 Å². The summed E-state index contributed by atoms with van der Waals surface area (Å²) in [6.07, 6.45) is 6.67. The van der Waals surface area contributed by atoms with Gasteiger partial charge >= 0.3 is 0 Å². The van der Waals surface area contributed by atoms with Crippen molar-refractivity contribution in [2.75, 3.05) is 13.7 Å². The van der Waals surface area contributed by atoms with E-state index in [4.69, 9.17) is 9.72 Å². The Bertz CT molecular complexity index is 987. The minimum absolute atomic E-state index is 0.113. The number of H-pyrrole nitrogens is 1. The zero-order valence-electron chi connectivity index (χ0n) is 16.0. The number of hydrogen-bond donors (Lipinski definition) is 1. The van der Waals surface area contributed by atoms with Gasteiger partial charge in [-0.2, -0.15) is 0 Å². The molecule has 4 rings (SSSR count). The first kappa shape index (κ1) is 18.4. The van der Waals surface area contributed by atoms with E-state index in [2.05, 4.69) is 20.9 Å². The third-order valence-corrected chi connectivity index (χ3v) is 5.24. The maximum Gasteiger partial charge on any atom is 0.251 e. The minimum Gasteiger partial charge on any atom is -0.496 e. The molecule has 2 aromatic heterocycles. The second kappa shape index (κ2) is 8.35. The highest BCUT2D eigenvalue weighted by molar-refractivity contribution is 5.53. The molecule has 1 N–H and O–H groups in total. The van der Waals surface area contributed by atoms with Crippen LogP contribution in [0.15, 0.2) is 59.7 Å². The fourth-order valence-corrected chi connectivity index (χ4v) is 3.86. The van der Waals surface area contributed by atoms with Gasteiger partial charge in [-0.05, 0) is 37.6 Å². The molecule has 0 aliphatic carbocycles. The van der Waals surface area contributed by atoms with Crippen molar-refractivity contribution in [3.05, 3.63) is 76.5 Å². The first-order valence-electron chi connectivity index (χ1n) is 9.62. The fraction of sp³-hybridized carbons (Fsp3) is 0.318. The van der Waals surface area contributed by atoms with Gasteiger partial charge in [0, 0.05) is 36.1 Å². The Morgan fingerprint density at radius 3 is 2.82 bits per heavy atom. The average molecular weight is 376 g/mol. The summed E-state index contributed by atoms with van der Waals surface area (Å²) in [5.74, 6) is 1.48. The van der Waals surface area contributed by atoms with E-state index in [0.717, 1.165) is 54.9 Å². The molecule has 28 heavy (non-hydrogen) atoms. The molecule has 0 unspecified atom stereocenters. The van der Waals surface area contributed by atoms with E-state index in [0.29, 0.717) is 5.82 Å². The highest BCUT2D eigenvalue weighted by atomic mass is 16.5. The Kier molecular flexibility index (Phi) is 5.48. The Hall–Kier alpha value is -2.99. The molecule has 0 amide bonds. The van der Waals surface area contributed by atoms with Gasteiger partial charge in [0.05, 0.1) is 18.8 Å². The fourth-order valence-electron chi connectivity index (χ4n) is 3.86. The summed E-state index contributed by atoms with van der Waals surface area (Å²) in [7, 11) is 1.70. The van der Waals surface area contributed by atoms with Crippen molar-refractivity contribution in [1.82, 2.24) is 19.9 Å². The molecule has 0 radical (unpaired) electrons. The Labute approximate surface area is 164 Å². The van der Waals surface area contributed by atoms with Gasteiger partial charge in [-0.15, -0.1) is 0 Å². The molecule has 0 saturated carbocycles. The number of nitrogens with one attached hydrogen (secondary N) is 1. The SMILES string of the molecule is COc1ccccc1CN1CCCC[C@H]1c1cc(=O)[nH]c(-c2ccncc2)n1. The first-order chi connectivity index (χ1) is 13.7. The number of piperidine rings is 1. The number of nitrogens with zero attached hydrogens (tertiary/aromatic N) is 3. The molecule has 3 heterocycles. The summed E-state index contributed by atoms with van der Waals surface area (Å²) >= 11 is 0. The van der Waals surface area contributed by atoms with Crippen LogP contribution < -0.4 is 10.3 Å². The van der Waals surface area contributed by atoms with Crippen LogP contribution in [0.1, 0.15) is 36.6 Å². The molecular formula is C22H24N4O2. The highest BCUT2D eigenvalue weighted by Crippen LogP contribution is 2.32. The molecule has 1 atom stereocenters. The molecule has 1 saturated heterocycles.